The van der Waals surface area contributed by atoms with E-state index in [0.29, 0.717) is 11.8 Å². The molecule has 4 aromatic rings. The zero-order chi connectivity index (χ0) is 31.9. The summed E-state index contributed by atoms with van der Waals surface area (Å²) in [5.41, 5.74) is 5.99. The molecule has 0 amide bonds. The summed E-state index contributed by atoms with van der Waals surface area (Å²) in [6, 6.07) is 34.3. The molecule has 0 aromatic heterocycles. The molecule has 4 aromatic carbocycles. The third-order valence-electron chi connectivity index (χ3n) is 7.79. The summed E-state index contributed by atoms with van der Waals surface area (Å²) in [6.45, 7) is 11.0. The maximum atomic E-state index is 14.7. The summed E-state index contributed by atoms with van der Waals surface area (Å²) in [7, 11) is 11.8. The standard InChI is InChI=1S/C25H28FN2.C13H10O.2ClH.Ru/c1-17(2)20-12-8-13-21(18(3)4)24(20)28-16-23-22(26)14-9-15-27(23)25(28)19-10-6-5-7-11-19;1-11-7-5-6-10-13(11)14-12-8-3-2-4-9-12;;;/h5-18,23,25H,1-4H3;1-10H;2*1H;/q-1;;;;+2/p-1. The maximum absolute atomic E-state index is 14.7. The number of ether oxygens (including phenoxy) is 1. The minimum absolute atomic E-state index is 0.0701. The van der Waals surface area contributed by atoms with Crippen molar-refractivity contribution in [1.82, 2.24) is 4.90 Å². The number of allylic oxidation sites excluding steroid dienone is 2. The molecule has 0 aliphatic carbocycles. The van der Waals surface area contributed by atoms with Gasteiger partial charge in [0.1, 0.15) is 0 Å². The van der Waals surface area contributed by atoms with E-state index in [1.807, 2.05) is 71.5 Å². The van der Waals surface area contributed by atoms with Gasteiger partial charge in [-0.05, 0) is 52.9 Å². The number of nitrogens with zero attached hydrogens (tertiary/aromatic N) is 2. The molecule has 3 nitrogen and oxygen atoms in total. The van der Waals surface area contributed by atoms with Crippen molar-refractivity contribution in [3.8, 4) is 11.5 Å². The Morgan fingerprint density at radius 1 is 0.800 bits per heavy atom. The molecule has 2 atom stereocenters. The second kappa shape index (κ2) is 15.4. The average molecular weight is 731 g/mol. The molecule has 45 heavy (non-hydrogen) atoms. The third-order valence-corrected chi connectivity index (χ3v) is 9.63. The van der Waals surface area contributed by atoms with Crippen molar-refractivity contribution < 1.29 is 22.6 Å². The molecule has 0 spiro atoms. The van der Waals surface area contributed by atoms with E-state index in [9.17, 15) is 4.39 Å². The Labute approximate surface area is 280 Å². The Kier molecular flexibility index (Phi) is 11.3. The van der Waals surface area contributed by atoms with Gasteiger partial charge in [-0.15, -0.1) is 0 Å². The van der Waals surface area contributed by atoms with Gasteiger partial charge in [0, 0.05) is 5.69 Å². The van der Waals surface area contributed by atoms with Crippen LogP contribution in [0.15, 0.2) is 127 Å². The average Bonchev–Trinajstić information content (AvgIpc) is 3.43. The molecule has 2 heterocycles. The summed E-state index contributed by atoms with van der Waals surface area (Å²) in [5, 5.41) is 0. The van der Waals surface area contributed by atoms with Gasteiger partial charge in [0.15, 0.2) is 0 Å². The quantitative estimate of drug-likeness (QED) is 0.107. The van der Waals surface area contributed by atoms with Gasteiger partial charge < -0.3 is 9.80 Å². The van der Waals surface area contributed by atoms with E-state index in [-0.39, 0.29) is 18.0 Å². The molecule has 1 N–H and O–H groups in total. The summed E-state index contributed by atoms with van der Waals surface area (Å²) in [4.78, 5) is 4.42. The fraction of sp³-hybridized carbons (Fsp3) is 0.211. The summed E-state index contributed by atoms with van der Waals surface area (Å²) < 4.78 is 21.2. The van der Waals surface area contributed by atoms with E-state index in [1.165, 1.54) is 16.8 Å². The van der Waals surface area contributed by atoms with E-state index < -0.39 is 13.5 Å². The number of anilines is 1. The van der Waals surface area contributed by atoms with E-state index in [1.54, 1.807) is 12.2 Å². The van der Waals surface area contributed by atoms with Gasteiger partial charge in [0.2, 0.25) is 0 Å². The number of benzene rings is 4. The van der Waals surface area contributed by atoms with Crippen molar-refractivity contribution >= 4 is 29.7 Å². The Hall–Kier alpha value is -3.24. The van der Waals surface area contributed by atoms with Crippen molar-refractivity contribution in [3.05, 3.63) is 156 Å². The number of halogens is 3. The van der Waals surface area contributed by atoms with Crippen LogP contribution in [0.5, 0.6) is 11.5 Å². The predicted molar refractivity (Wildman–Crippen MR) is 185 cm³/mol. The third kappa shape index (κ3) is 7.95. The molecule has 0 bridgehead atoms. The van der Waals surface area contributed by atoms with Crippen LogP contribution in [-0.4, -0.2) is 20.3 Å². The van der Waals surface area contributed by atoms with Gasteiger partial charge >= 0.3 is 114 Å². The Balaban J connectivity index is 0.000000201. The monoisotopic (exact) mass is 730 g/mol. The van der Waals surface area contributed by atoms with Gasteiger partial charge in [-0.1, -0.05) is 76.2 Å². The van der Waals surface area contributed by atoms with Crippen molar-refractivity contribution in [3.63, 3.8) is 0 Å². The number of hydrogen-bond donors (Lipinski definition) is 0. The van der Waals surface area contributed by atoms with Gasteiger partial charge in [0.25, 0.3) is 0 Å². The SMILES string of the molecule is CC(C)c1cccc(C(C)C)c1N1[CH-]C2C(F)=CC=CN2C1c1ccccc1.[Cl][Ru]([Cl])=[CH]c1ccccc1[OH+]c1ccccc1. The molecule has 7 heteroatoms. The Morgan fingerprint density at radius 2 is 1.40 bits per heavy atom. The van der Waals surface area contributed by atoms with E-state index in [2.05, 4.69) is 91.2 Å². The zero-order valence-electron chi connectivity index (χ0n) is 25.8. The van der Waals surface area contributed by atoms with Crippen molar-refractivity contribution in [1.29, 1.82) is 0 Å². The second-order valence-corrected chi connectivity index (χ2v) is 17.3. The molecule has 2 aliphatic rings. The van der Waals surface area contributed by atoms with Crippen LogP contribution in [0.25, 0.3) is 0 Å². The van der Waals surface area contributed by atoms with Gasteiger partial charge in [0.05, 0.1) is 12.0 Å². The summed E-state index contributed by atoms with van der Waals surface area (Å²) in [5.74, 6) is 2.48. The fourth-order valence-corrected chi connectivity index (χ4v) is 7.51. The van der Waals surface area contributed by atoms with E-state index >= 15 is 0 Å². The van der Waals surface area contributed by atoms with Crippen molar-refractivity contribution in [2.75, 3.05) is 4.90 Å². The zero-order valence-corrected chi connectivity index (χ0v) is 29.1. The van der Waals surface area contributed by atoms with Crippen LogP contribution < -0.4 is 4.90 Å². The Bertz CT molecular complexity index is 1640. The van der Waals surface area contributed by atoms with Crippen LogP contribution in [-0.2, 0) is 13.5 Å². The van der Waals surface area contributed by atoms with Crippen LogP contribution >= 0.6 is 19.4 Å². The first kappa shape index (κ1) is 33.1. The second-order valence-electron chi connectivity index (χ2n) is 11.5. The molecule has 2 unspecified atom stereocenters. The first-order chi connectivity index (χ1) is 21.7. The molecular formula is C38H39Cl2FN2ORu. The number of aromatic hydroxyl groups is 2. The number of para-hydroxylation sites is 3. The first-order valence-electron chi connectivity index (χ1n) is 15.1. The molecule has 0 radical (unpaired) electrons. The molecule has 6 rings (SSSR count). The van der Waals surface area contributed by atoms with Crippen LogP contribution in [0.4, 0.5) is 10.1 Å². The van der Waals surface area contributed by atoms with E-state index in [0.717, 1.165) is 22.6 Å². The minimum atomic E-state index is -1.81. The Morgan fingerprint density at radius 3 is 2.02 bits per heavy atom. The van der Waals surface area contributed by atoms with Crippen LogP contribution in [0, 0.1) is 6.54 Å². The molecule has 1 saturated heterocycles. The van der Waals surface area contributed by atoms with Gasteiger partial charge in [-0.2, -0.15) is 0 Å². The van der Waals surface area contributed by atoms with Crippen LogP contribution in [0.3, 0.4) is 0 Å². The van der Waals surface area contributed by atoms with Crippen LogP contribution in [0.2, 0.25) is 0 Å². The summed E-state index contributed by atoms with van der Waals surface area (Å²) in [6.07, 6.45) is 5.31. The van der Waals surface area contributed by atoms with Gasteiger partial charge in [-0.3, -0.25) is 0 Å². The number of hydrogen-bond acceptors (Lipinski definition) is 2. The molecular weight excluding hydrogens is 691 g/mol. The molecule has 2 aliphatic heterocycles. The van der Waals surface area contributed by atoms with Crippen LogP contribution in [0.1, 0.15) is 68.0 Å². The van der Waals surface area contributed by atoms with Crippen molar-refractivity contribution in [2.45, 2.75) is 51.7 Å². The molecule has 0 saturated carbocycles. The predicted octanol–water partition coefficient (Wildman–Crippen LogP) is 11.1. The normalized spacial score (nSPS) is 17.4. The first-order valence-corrected chi connectivity index (χ1v) is 20.5. The molecule has 236 valence electrons. The van der Waals surface area contributed by atoms with Gasteiger partial charge in [-0.25, -0.2) is 10.9 Å². The van der Waals surface area contributed by atoms with E-state index in [4.69, 9.17) is 19.4 Å². The molecule has 1 fully saturated rings. The number of rotatable bonds is 7. The van der Waals surface area contributed by atoms with Crippen molar-refractivity contribution in [2.24, 2.45) is 0 Å². The summed E-state index contributed by atoms with van der Waals surface area (Å²) >= 11 is -1.81. The topological polar surface area (TPSA) is 19.3 Å². The number of fused-ring (bicyclic) bond motifs is 1. The fourth-order valence-electron chi connectivity index (χ4n) is 5.69.